The first-order valence-corrected chi connectivity index (χ1v) is 8.31. The highest BCUT2D eigenvalue weighted by Gasteiger charge is 2.53. The van der Waals surface area contributed by atoms with E-state index < -0.39 is 40.8 Å². The van der Waals surface area contributed by atoms with Crippen molar-refractivity contribution in [3.8, 4) is 0 Å². The second-order valence-electron chi connectivity index (χ2n) is 5.40. The van der Waals surface area contributed by atoms with E-state index in [2.05, 4.69) is 0 Å². The lowest BCUT2D eigenvalue weighted by Crippen LogP contribution is -2.55. The summed E-state index contributed by atoms with van der Waals surface area (Å²) in [4.78, 5) is 0.0302. The lowest BCUT2D eigenvalue weighted by atomic mass is 10.0. The van der Waals surface area contributed by atoms with E-state index >= 15 is 0 Å². The van der Waals surface area contributed by atoms with Gasteiger partial charge in [0, 0.05) is 7.11 Å². The first-order chi connectivity index (χ1) is 10.4. The maximum Gasteiger partial charge on any atom is 0.297 e. The van der Waals surface area contributed by atoms with Crippen molar-refractivity contribution in [3.63, 3.8) is 0 Å². The van der Waals surface area contributed by atoms with Gasteiger partial charge in [0.05, 0.1) is 11.5 Å². The van der Waals surface area contributed by atoms with Crippen molar-refractivity contribution in [2.75, 3.05) is 13.7 Å². The molecule has 2 saturated heterocycles. The van der Waals surface area contributed by atoms with Gasteiger partial charge in [0.25, 0.3) is 10.1 Å². The van der Waals surface area contributed by atoms with Gasteiger partial charge in [-0.05, 0) is 19.1 Å². The molecule has 1 aromatic rings. The van der Waals surface area contributed by atoms with Gasteiger partial charge in [0.15, 0.2) is 12.4 Å². The van der Waals surface area contributed by atoms with Crippen LogP contribution in [-0.4, -0.2) is 57.9 Å². The Kier molecular flexibility index (Phi) is 4.23. The van der Waals surface area contributed by atoms with Crippen LogP contribution in [0.4, 0.5) is 0 Å². The zero-order chi connectivity index (χ0) is 15.9. The number of aryl methyl sites for hydroxylation is 1. The van der Waals surface area contributed by atoms with Crippen LogP contribution in [0, 0.1) is 6.92 Å². The molecule has 5 atom stereocenters. The van der Waals surface area contributed by atoms with Crippen molar-refractivity contribution in [2.45, 2.75) is 42.5 Å². The Morgan fingerprint density at radius 3 is 2.59 bits per heavy atom. The van der Waals surface area contributed by atoms with E-state index in [4.69, 9.17) is 18.4 Å². The minimum atomic E-state index is -4.02. The summed E-state index contributed by atoms with van der Waals surface area (Å²) in [5, 5.41) is 10.0. The summed E-state index contributed by atoms with van der Waals surface area (Å²) in [7, 11) is -2.63. The first kappa shape index (κ1) is 15.9. The molecule has 5 unspecified atom stereocenters. The highest BCUT2D eigenvalue weighted by molar-refractivity contribution is 7.86. The van der Waals surface area contributed by atoms with Gasteiger partial charge in [-0.1, -0.05) is 17.7 Å². The fraction of sp³-hybridized carbons (Fsp3) is 0.571. The second-order valence-corrected chi connectivity index (χ2v) is 6.97. The zero-order valence-corrected chi connectivity index (χ0v) is 13.0. The van der Waals surface area contributed by atoms with Gasteiger partial charge >= 0.3 is 0 Å². The standard InChI is InChI=1S/C14H18O7S/c1-8-3-5-9(6-4-8)22(16,17)21-13-12-11(15)10(7-19-12)20-14(13)18-2/h3-6,10-15H,7H2,1-2H3. The van der Waals surface area contributed by atoms with Gasteiger partial charge < -0.3 is 19.3 Å². The highest BCUT2D eigenvalue weighted by Crippen LogP contribution is 2.33. The molecule has 122 valence electrons. The summed E-state index contributed by atoms with van der Waals surface area (Å²) in [6.07, 6.45) is -4.25. The molecule has 2 aliphatic heterocycles. The van der Waals surface area contributed by atoms with Crippen LogP contribution in [0.15, 0.2) is 29.2 Å². The van der Waals surface area contributed by atoms with E-state index in [0.29, 0.717) is 0 Å². The summed E-state index contributed by atoms with van der Waals surface area (Å²) in [6.45, 7) is 2.03. The number of rotatable bonds is 4. The predicted octanol–water partition coefficient (Wildman–Crippen LogP) is 0.200. The number of methoxy groups -OCH3 is 1. The minimum Gasteiger partial charge on any atom is -0.387 e. The predicted molar refractivity (Wildman–Crippen MR) is 74.7 cm³/mol. The van der Waals surface area contributed by atoms with E-state index in [-0.39, 0.29) is 11.5 Å². The molecule has 2 heterocycles. The molecule has 0 amide bonds. The zero-order valence-electron chi connectivity index (χ0n) is 12.2. The van der Waals surface area contributed by atoms with Crippen molar-refractivity contribution in [3.05, 3.63) is 29.8 Å². The second kappa shape index (κ2) is 5.88. The normalized spacial score (nSPS) is 34.8. The SMILES string of the molecule is COC1OC2COC(C2O)C1OS(=O)(=O)c1ccc(C)cc1. The molecule has 0 aromatic heterocycles. The Labute approximate surface area is 128 Å². The van der Waals surface area contributed by atoms with Crippen molar-refractivity contribution >= 4 is 10.1 Å². The fourth-order valence-corrected chi connectivity index (χ4v) is 3.70. The van der Waals surface area contributed by atoms with Gasteiger partial charge in [-0.3, -0.25) is 4.18 Å². The molecule has 0 radical (unpaired) electrons. The Bertz CT molecular complexity index is 627. The Morgan fingerprint density at radius 1 is 1.27 bits per heavy atom. The Morgan fingerprint density at radius 2 is 1.95 bits per heavy atom. The van der Waals surface area contributed by atoms with Crippen LogP contribution in [-0.2, 0) is 28.5 Å². The highest BCUT2D eigenvalue weighted by atomic mass is 32.2. The van der Waals surface area contributed by atoms with Crippen LogP contribution in [0.2, 0.25) is 0 Å². The lowest BCUT2D eigenvalue weighted by Gasteiger charge is -2.36. The molecule has 22 heavy (non-hydrogen) atoms. The molecule has 2 bridgehead atoms. The monoisotopic (exact) mass is 330 g/mol. The van der Waals surface area contributed by atoms with E-state index in [0.717, 1.165) is 5.56 Å². The number of aliphatic hydroxyl groups excluding tert-OH is 1. The molecule has 8 heteroatoms. The molecule has 0 aliphatic carbocycles. The molecule has 1 aromatic carbocycles. The molecule has 1 N–H and O–H groups in total. The molecule has 0 saturated carbocycles. The van der Waals surface area contributed by atoms with E-state index in [1.54, 1.807) is 12.1 Å². The third kappa shape index (κ3) is 2.78. The van der Waals surface area contributed by atoms with Crippen molar-refractivity contribution < 1.29 is 31.9 Å². The third-order valence-electron chi connectivity index (χ3n) is 3.85. The fourth-order valence-electron chi connectivity index (χ4n) is 2.62. The molecule has 2 aliphatic rings. The summed E-state index contributed by atoms with van der Waals surface area (Å²) in [6, 6.07) is 6.28. The topological polar surface area (TPSA) is 91.3 Å². The average molecular weight is 330 g/mol. The summed E-state index contributed by atoms with van der Waals surface area (Å²) >= 11 is 0. The maximum absolute atomic E-state index is 12.4. The molecule has 3 rings (SSSR count). The number of benzene rings is 1. The van der Waals surface area contributed by atoms with Crippen molar-refractivity contribution in [1.29, 1.82) is 0 Å². The molecular formula is C14H18O7S. The molecular weight excluding hydrogens is 312 g/mol. The number of hydrogen-bond acceptors (Lipinski definition) is 7. The van der Waals surface area contributed by atoms with Crippen molar-refractivity contribution in [1.82, 2.24) is 0 Å². The lowest BCUT2D eigenvalue weighted by molar-refractivity contribution is -0.245. The maximum atomic E-state index is 12.4. The number of fused-ring (bicyclic) bond motifs is 2. The van der Waals surface area contributed by atoms with Crippen LogP contribution in [0.3, 0.4) is 0 Å². The summed E-state index contributed by atoms with van der Waals surface area (Å²) < 4.78 is 46.0. The molecule has 7 nitrogen and oxygen atoms in total. The van der Waals surface area contributed by atoms with E-state index in [9.17, 15) is 13.5 Å². The van der Waals surface area contributed by atoms with Gasteiger partial charge in [0.1, 0.15) is 18.3 Å². The van der Waals surface area contributed by atoms with Crippen LogP contribution in [0.25, 0.3) is 0 Å². The number of ether oxygens (including phenoxy) is 3. The number of hydrogen-bond donors (Lipinski definition) is 1. The van der Waals surface area contributed by atoms with Crippen molar-refractivity contribution in [2.24, 2.45) is 0 Å². The number of aliphatic hydroxyl groups is 1. The van der Waals surface area contributed by atoms with Crippen LogP contribution >= 0.6 is 0 Å². The Balaban J connectivity index is 1.85. The quantitative estimate of drug-likeness (QED) is 0.789. The summed E-state index contributed by atoms with van der Waals surface area (Å²) in [5.41, 5.74) is 0.937. The first-order valence-electron chi connectivity index (χ1n) is 6.90. The van der Waals surface area contributed by atoms with Crippen LogP contribution in [0.1, 0.15) is 5.56 Å². The Hall–Kier alpha value is -1.03. The van der Waals surface area contributed by atoms with Gasteiger partial charge in [-0.15, -0.1) is 0 Å². The molecule has 0 spiro atoms. The van der Waals surface area contributed by atoms with Gasteiger partial charge in [0.2, 0.25) is 0 Å². The third-order valence-corrected chi connectivity index (χ3v) is 5.18. The molecule has 2 fully saturated rings. The van der Waals surface area contributed by atoms with Crippen LogP contribution in [0.5, 0.6) is 0 Å². The minimum absolute atomic E-state index is 0.0302. The van der Waals surface area contributed by atoms with E-state index in [1.165, 1.54) is 19.2 Å². The van der Waals surface area contributed by atoms with Gasteiger partial charge in [-0.2, -0.15) is 8.42 Å². The largest absolute Gasteiger partial charge is 0.387 e. The summed E-state index contributed by atoms with van der Waals surface area (Å²) in [5.74, 6) is 0. The van der Waals surface area contributed by atoms with Gasteiger partial charge in [-0.25, -0.2) is 0 Å². The van der Waals surface area contributed by atoms with Crippen LogP contribution < -0.4 is 0 Å². The van der Waals surface area contributed by atoms with E-state index in [1.807, 2.05) is 6.92 Å². The smallest absolute Gasteiger partial charge is 0.297 e. The average Bonchev–Trinajstić information content (AvgIpc) is 2.73.